The SMILES string of the molecule is CCNC(=NCCc1ccc(OCC(N)=O)cc1)NC(C)CCC(C)(C)C. The monoisotopic (exact) mass is 376 g/mol. The van der Waals surface area contributed by atoms with Crippen LogP contribution in [0.4, 0.5) is 0 Å². The Balaban J connectivity index is 2.49. The number of nitrogens with one attached hydrogen (secondary N) is 2. The third kappa shape index (κ3) is 11.2. The Morgan fingerprint density at radius 3 is 2.48 bits per heavy atom. The van der Waals surface area contributed by atoms with E-state index >= 15 is 0 Å². The molecule has 0 spiro atoms. The zero-order valence-electron chi connectivity index (χ0n) is 17.5. The quantitative estimate of drug-likeness (QED) is 0.433. The maximum absolute atomic E-state index is 10.7. The van der Waals surface area contributed by atoms with Crippen molar-refractivity contribution in [1.29, 1.82) is 0 Å². The van der Waals surface area contributed by atoms with Crippen molar-refractivity contribution < 1.29 is 9.53 Å². The minimum Gasteiger partial charge on any atom is -0.484 e. The molecule has 1 atom stereocenters. The highest BCUT2D eigenvalue weighted by atomic mass is 16.5. The molecule has 152 valence electrons. The Labute approximate surface area is 164 Å². The maximum Gasteiger partial charge on any atom is 0.255 e. The van der Waals surface area contributed by atoms with E-state index in [1.54, 1.807) is 0 Å². The highest BCUT2D eigenvalue weighted by Crippen LogP contribution is 2.21. The lowest BCUT2D eigenvalue weighted by molar-refractivity contribution is -0.119. The van der Waals surface area contributed by atoms with Gasteiger partial charge in [-0.15, -0.1) is 0 Å². The summed E-state index contributed by atoms with van der Waals surface area (Å²) >= 11 is 0. The summed E-state index contributed by atoms with van der Waals surface area (Å²) in [6.45, 7) is 12.5. The zero-order valence-corrected chi connectivity index (χ0v) is 17.5. The fraction of sp³-hybridized carbons (Fsp3) is 0.619. The molecular weight excluding hydrogens is 340 g/mol. The summed E-state index contributed by atoms with van der Waals surface area (Å²) in [4.78, 5) is 15.4. The lowest BCUT2D eigenvalue weighted by Gasteiger charge is -2.23. The molecule has 27 heavy (non-hydrogen) atoms. The first-order valence-corrected chi connectivity index (χ1v) is 9.74. The minimum absolute atomic E-state index is 0.102. The van der Waals surface area contributed by atoms with Crippen molar-refractivity contribution in [2.45, 2.75) is 59.9 Å². The average Bonchev–Trinajstić information content (AvgIpc) is 2.59. The Kier molecular flexibility index (Phi) is 9.68. The van der Waals surface area contributed by atoms with Crippen molar-refractivity contribution in [3.05, 3.63) is 29.8 Å². The molecule has 0 saturated carbocycles. The number of benzene rings is 1. The van der Waals surface area contributed by atoms with Gasteiger partial charge in [0.1, 0.15) is 5.75 Å². The van der Waals surface area contributed by atoms with Gasteiger partial charge in [-0.05, 0) is 56.2 Å². The van der Waals surface area contributed by atoms with Gasteiger partial charge in [-0.3, -0.25) is 9.79 Å². The lowest BCUT2D eigenvalue weighted by atomic mass is 9.89. The number of rotatable bonds is 10. The van der Waals surface area contributed by atoms with Gasteiger partial charge in [0, 0.05) is 19.1 Å². The number of aliphatic imine (C=N–C) groups is 1. The number of amides is 1. The predicted molar refractivity (Wildman–Crippen MR) is 112 cm³/mol. The van der Waals surface area contributed by atoms with Crippen LogP contribution in [-0.2, 0) is 11.2 Å². The van der Waals surface area contributed by atoms with Crippen LogP contribution >= 0.6 is 0 Å². The van der Waals surface area contributed by atoms with Crippen molar-refractivity contribution in [1.82, 2.24) is 10.6 Å². The van der Waals surface area contributed by atoms with Crippen molar-refractivity contribution in [2.24, 2.45) is 16.1 Å². The summed E-state index contributed by atoms with van der Waals surface area (Å²) in [7, 11) is 0. The van der Waals surface area contributed by atoms with Gasteiger partial charge in [-0.25, -0.2) is 0 Å². The molecule has 1 aromatic rings. The van der Waals surface area contributed by atoms with Crippen LogP contribution < -0.4 is 21.1 Å². The van der Waals surface area contributed by atoms with E-state index in [0.717, 1.165) is 25.3 Å². The lowest BCUT2D eigenvalue weighted by Crippen LogP contribution is -2.42. The second-order valence-electron chi connectivity index (χ2n) is 8.05. The summed E-state index contributed by atoms with van der Waals surface area (Å²) in [6.07, 6.45) is 3.12. The first-order valence-electron chi connectivity index (χ1n) is 9.74. The van der Waals surface area contributed by atoms with Crippen LogP contribution in [-0.4, -0.2) is 37.6 Å². The van der Waals surface area contributed by atoms with Gasteiger partial charge >= 0.3 is 0 Å². The Bertz CT molecular complexity index is 591. The molecule has 0 aromatic heterocycles. The summed E-state index contributed by atoms with van der Waals surface area (Å²) in [6, 6.07) is 8.04. The molecule has 0 saturated heterocycles. The van der Waals surface area contributed by atoms with Gasteiger partial charge in [-0.2, -0.15) is 0 Å². The van der Waals surface area contributed by atoms with E-state index < -0.39 is 5.91 Å². The van der Waals surface area contributed by atoms with Crippen molar-refractivity contribution in [3.8, 4) is 5.75 Å². The fourth-order valence-electron chi connectivity index (χ4n) is 2.48. The number of hydrogen-bond donors (Lipinski definition) is 3. The highest BCUT2D eigenvalue weighted by molar-refractivity contribution is 5.80. The number of hydrogen-bond acceptors (Lipinski definition) is 3. The smallest absolute Gasteiger partial charge is 0.255 e. The number of nitrogens with two attached hydrogens (primary N) is 1. The molecule has 4 N–H and O–H groups in total. The van der Waals surface area contributed by atoms with Crippen molar-refractivity contribution >= 4 is 11.9 Å². The molecule has 0 heterocycles. The van der Waals surface area contributed by atoms with E-state index in [0.29, 0.717) is 23.8 Å². The normalized spacial score (nSPS) is 13.1. The number of guanidine groups is 1. The average molecular weight is 377 g/mol. The molecule has 0 aliphatic heterocycles. The van der Waals surface area contributed by atoms with E-state index in [1.165, 1.54) is 12.0 Å². The van der Waals surface area contributed by atoms with Gasteiger partial charge in [0.2, 0.25) is 0 Å². The van der Waals surface area contributed by atoms with E-state index in [9.17, 15) is 4.79 Å². The van der Waals surface area contributed by atoms with Crippen LogP contribution in [0.3, 0.4) is 0 Å². The highest BCUT2D eigenvalue weighted by Gasteiger charge is 2.13. The van der Waals surface area contributed by atoms with Crippen LogP contribution in [0, 0.1) is 5.41 Å². The third-order valence-corrected chi connectivity index (χ3v) is 4.03. The largest absolute Gasteiger partial charge is 0.484 e. The molecule has 0 aliphatic carbocycles. The van der Waals surface area contributed by atoms with Gasteiger partial charge in [-0.1, -0.05) is 32.9 Å². The molecule has 0 radical (unpaired) electrons. The number of carbonyl (C=O) groups excluding carboxylic acids is 1. The molecule has 1 rings (SSSR count). The summed E-state index contributed by atoms with van der Waals surface area (Å²) in [5.74, 6) is 1.03. The standard InChI is InChI=1S/C21H36N4O2/c1-6-23-20(25-16(2)11-13-21(3,4)5)24-14-12-17-7-9-18(10-8-17)27-15-19(22)26/h7-10,16H,6,11-15H2,1-5H3,(H2,22,26)(H2,23,24,25). The first kappa shape index (κ1) is 22.8. The van der Waals surface area contributed by atoms with Crippen molar-refractivity contribution in [2.75, 3.05) is 19.7 Å². The summed E-state index contributed by atoms with van der Waals surface area (Å²) < 4.78 is 5.27. The summed E-state index contributed by atoms with van der Waals surface area (Å²) in [5.41, 5.74) is 6.59. The third-order valence-electron chi connectivity index (χ3n) is 4.03. The van der Waals surface area contributed by atoms with Crippen LogP contribution in [0.5, 0.6) is 5.75 Å². The number of nitrogens with zero attached hydrogens (tertiary/aromatic N) is 1. The zero-order chi connectivity index (χ0) is 20.3. The van der Waals surface area contributed by atoms with Crippen LogP contribution in [0.15, 0.2) is 29.3 Å². The van der Waals surface area contributed by atoms with E-state index in [1.807, 2.05) is 24.3 Å². The number of carbonyl (C=O) groups is 1. The molecule has 1 unspecified atom stereocenters. The van der Waals surface area contributed by atoms with E-state index in [4.69, 9.17) is 10.5 Å². The molecule has 6 nitrogen and oxygen atoms in total. The molecule has 0 aliphatic rings. The van der Waals surface area contributed by atoms with Gasteiger partial charge < -0.3 is 21.1 Å². The second-order valence-corrected chi connectivity index (χ2v) is 8.05. The molecule has 1 aromatic carbocycles. The predicted octanol–water partition coefficient (Wildman–Crippen LogP) is 2.86. The van der Waals surface area contributed by atoms with Crippen LogP contribution in [0.25, 0.3) is 0 Å². The Morgan fingerprint density at radius 1 is 1.26 bits per heavy atom. The summed E-state index contributed by atoms with van der Waals surface area (Å²) in [5, 5.41) is 6.80. The molecule has 0 bridgehead atoms. The van der Waals surface area contributed by atoms with Gasteiger partial charge in [0.15, 0.2) is 12.6 Å². The topological polar surface area (TPSA) is 88.7 Å². The minimum atomic E-state index is -0.478. The number of ether oxygens (including phenoxy) is 1. The van der Waals surface area contributed by atoms with Crippen LogP contribution in [0.2, 0.25) is 0 Å². The maximum atomic E-state index is 10.7. The Morgan fingerprint density at radius 2 is 1.93 bits per heavy atom. The van der Waals surface area contributed by atoms with E-state index in [2.05, 4.69) is 50.2 Å². The molecule has 6 heteroatoms. The van der Waals surface area contributed by atoms with Gasteiger partial charge in [0.25, 0.3) is 5.91 Å². The number of primary amides is 1. The second kappa shape index (κ2) is 11.5. The van der Waals surface area contributed by atoms with Crippen LogP contribution in [0.1, 0.15) is 53.0 Å². The Hall–Kier alpha value is -2.24. The fourth-order valence-corrected chi connectivity index (χ4v) is 2.48. The molecular formula is C21H36N4O2. The first-order chi connectivity index (χ1) is 12.7. The molecule has 1 amide bonds. The molecule has 0 fully saturated rings. The van der Waals surface area contributed by atoms with Gasteiger partial charge in [0.05, 0.1) is 0 Å². The van der Waals surface area contributed by atoms with E-state index in [-0.39, 0.29) is 6.61 Å². The van der Waals surface area contributed by atoms with Crippen molar-refractivity contribution in [3.63, 3.8) is 0 Å².